The molecule has 0 saturated carbocycles. The van der Waals surface area contributed by atoms with Gasteiger partial charge in [0.1, 0.15) is 10.5 Å². The second-order valence-corrected chi connectivity index (χ2v) is 5.77. The maximum Gasteiger partial charge on any atom is 0.326 e. The molecule has 7 nitrogen and oxygen atoms in total. The van der Waals surface area contributed by atoms with Gasteiger partial charge in [0, 0.05) is 6.20 Å². The number of pyridine rings is 1. The molecule has 8 heteroatoms. The Morgan fingerprint density at radius 1 is 1.41 bits per heavy atom. The minimum atomic E-state index is -0.990. The highest BCUT2D eigenvalue weighted by Crippen LogP contribution is 2.20. The number of anilines is 1. The lowest BCUT2D eigenvalue weighted by atomic mass is 10.0. The van der Waals surface area contributed by atoms with Gasteiger partial charge in [-0.25, -0.2) is 9.78 Å². The first-order chi connectivity index (χ1) is 10.4. The van der Waals surface area contributed by atoms with E-state index in [1.165, 1.54) is 6.20 Å². The molecule has 0 bridgehead atoms. The lowest BCUT2D eigenvalue weighted by Gasteiger charge is -2.19. The van der Waals surface area contributed by atoms with Gasteiger partial charge in [-0.05, 0) is 34.0 Å². The van der Waals surface area contributed by atoms with E-state index < -0.39 is 17.6 Å². The molecule has 0 saturated heterocycles. The normalized spacial score (nSPS) is 12.2. The largest absolute Gasteiger partial charge is 0.480 e. The van der Waals surface area contributed by atoms with Crippen LogP contribution in [0.1, 0.15) is 13.8 Å². The van der Waals surface area contributed by atoms with Gasteiger partial charge in [0.2, 0.25) is 0 Å². The number of hydrogen-bond acceptors (Lipinski definition) is 5. The standard InChI is InChI=1S/C14H15BrN4O3/c1-8(2)12(14(21)22)18-9-7-17-19(13(20)11(9)15)10-5-3-4-6-16-10/h3-8,12,18H,1-2H3,(H,21,22)/t12-/m1/s1. The van der Waals surface area contributed by atoms with E-state index in [0.717, 1.165) is 4.68 Å². The third-order valence-electron chi connectivity index (χ3n) is 3.03. The van der Waals surface area contributed by atoms with Crippen molar-refractivity contribution in [2.75, 3.05) is 5.32 Å². The fourth-order valence-electron chi connectivity index (χ4n) is 1.86. The number of aliphatic carboxylic acids is 1. The zero-order valence-electron chi connectivity index (χ0n) is 12.0. The van der Waals surface area contributed by atoms with Gasteiger partial charge in [-0.1, -0.05) is 19.9 Å². The highest BCUT2D eigenvalue weighted by Gasteiger charge is 2.23. The third kappa shape index (κ3) is 3.33. The topological polar surface area (TPSA) is 97.1 Å². The van der Waals surface area contributed by atoms with Gasteiger partial charge in [0.05, 0.1) is 11.9 Å². The minimum absolute atomic E-state index is 0.150. The first-order valence-corrected chi connectivity index (χ1v) is 7.39. The second kappa shape index (κ2) is 6.69. The number of carbonyl (C=O) groups is 1. The van der Waals surface area contributed by atoms with E-state index in [-0.39, 0.29) is 10.4 Å². The average molecular weight is 367 g/mol. The van der Waals surface area contributed by atoms with Crippen molar-refractivity contribution in [3.8, 4) is 5.82 Å². The van der Waals surface area contributed by atoms with E-state index in [4.69, 9.17) is 0 Å². The average Bonchev–Trinajstić information content (AvgIpc) is 2.49. The monoisotopic (exact) mass is 366 g/mol. The van der Waals surface area contributed by atoms with Crippen LogP contribution in [0.15, 0.2) is 39.9 Å². The third-order valence-corrected chi connectivity index (χ3v) is 3.80. The molecule has 1 atom stereocenters. The van der Waals surface area contributed by atoms with Crippen molar-refractivity contribution < 1.29 is 9.90 Å². The maximum atomic E-state index is 12.3. The second-order valence-electron chi connectivity index (χ2n) is 4.98. The van der Waals surface area contributed by atoms with Crippen LogP contribution in [-0.2, 0) is 4.79 Å². The SMILES string of the molecule is CC(C)[C@@H](Nc1cnn(-c2ccccn2)c(=O)c1Br)C(=O)O. The van der Waals surface area contributed by atoms with Crippen molar-refractivity contribution in [3.05, 3.63) is 45.4 Å². The number of carboxylic acids is 1. The van der Waals surface area contributed by atoms with E-state index in [2.05, 4.69) is 31.3 Å². The highest BCUT2D eigenvalue weighted by atomic mass is 79.9. The molecule has 2 aromatic heterocycles. The molecule has 2 rings (SSSR count). The quantitative estimate of drug-likeness (QED) is 0.838. The molecule has 2 heterocycles. The van der Waals surface area contributed by atoms with Crippen LogP contribution in [0.25, 0.3) is 5.82 Å². The van der Waals surface area contributed by atoms with Gasteiger partial charge < -0.3 is 10.4 Å². The van der Waals surface area contributed by atoms with Crippen LogP contribution in [0.4, 0.5) is 5.69 Å². The summed E-state index contributed by atoms with van der Waals surface area (Å²) in [5, 5.41) is 16.1. The first kappa shape index (κ1) is 16.2. The Hall–Kier alpha value is -2.22. The Balaban J connectivity index is 2.39. The Kier molecular flexibility index (Phi) is 4.92. The summed E-state index contributed by atoms with van der Waals surface area (Å²) in [7, 11) is 0. The molecule has 0 aromatic carbocycles. The van der Waals surface area contributed by atoms with E-state index in [9.17, 15) is 14.7 Å². The summed E-state index contributed by atoms with van der Waals surface area (Å²) in [5.74, 6) is -0.753. The number of halogens is 1. The summed E-state index contributed by atoms with van der Waals surface area (Å²) in [6.45, 7) is 3.56. The zero-order chi connectivity index (χ0) is 16.3. The summed E-state index contributed by atoms with van der Waals surface area (Å²) in [5.41, 5.74) is -0.0881. The molecule has 2 N–H and O–H groups in total. The Bertz CT molecular complexity index is 731. The van der Waals surface area contributed by atoms with E-state index in [1.807, 2.05) is 0 Å². The Morgan fingerprint density at radius 3 is 2.68 bits per heavy atom. The minimum Gasteiger partial charge on any atom is -0.480 e. The van der Waals surface area contributed by atoms with Crippen molar-refractivity contribution >= 4 is 27.6 Å². The molecular formula is C14H15BrN4O3. The van der Waals surface area contributed by atoms with Crippen LogP contribution >= 0.6 is 15.9 Å². The van der Waals surface area contributed by atoms with Crippen molar-refractivity contribution in [2.45, 2.75) is 19.9 Å². The molecule has 0 aliphatic heterocycles. The van der Waals surface area contributed by atoms with E-state index >= 15 is 0 Å². The number of rotatable bonds is 5. The first-order valence-electron chi connectivity index (χ1n) is 6.60. The molecule has 0 aliphatic carbocycles. The predicted molar refractivity (Wildman–Crippen MR) is 85.2 cm³/mol. The lowest BCUT2D eigenvalue weighted by Crippen LogP contribution is -2.35. The van der Waals surface area contributed by atoms with Crippen molar-refractivity contribution in [1.82, 2.24) is 14.8 Å². The van der Waals surface area contributed by atoms with Gasteiger partial charge in [-0.3, -0.25) is 4.79 Å². The number of aromatic nitrogens is 3. The Labute approximate surface area is 135 Å². The van der Waals surface area contributed by atoms with Gasteiger partial charge >= 0.3 is 5.97 Å². The van der Waals surface area contributed by atoms with Crippen molar-refractivity contribution in [2.24, 2.45) is 5.92 Å². The fourth-order valence-corrected chi connectivity index (χ4v) is 2.24. The van der Waals surface area contributed by atoms with Gasteiger partial charge in [0.15, 0.2) is 5.82 Å². The predicted octanol–water partition coefficient (Wildman–Crippen LogP) is 1.91. The summed E-state index contributed by atoms with van der Waals surface area (Å²) in [4.78, 5) is 27.6. The van der Waals surface area contributed by atoms with Crippen LogP contribution in [0, 0.1) is 5.92 Å². The van der Waals surface area contributed by atoms with Crippen LogP contribution in [0.5, 0.6) is 0 Å². The molecule has 0 fully saturated rings. The molecule has 0 radical (unpaired) electrons. The molecular weight excluding hydrogens is 352 g/mol. The van der Waals surface area contributed by atoms with Crippen molar-refractivity contribution in [3.63, 3.8) is 0 Å². The number of nitrogens with one attached hydrogen (secondary N) is 1. The molecule has 0 unspecified atom stereocenters. The maximum absolute atomic E-state index is 12.3. The highest BCUT2D eigenvalue weighted by molar-refractivity contribution is 9.10. The number of carboxylic acid groups (broad SMARTS) is 1. The van der Waals surface area contributed by atoms with Crippen LogP contribution in [0.2, 0.25) is 0 Å². The summed E-state index contributed by atoms with van der Waals surface area (Å²) >= 11 is 3.20. The van der Waals surface area contributed by atoms with Gasteiger partial charge in [-0.2, -0.15) is 9.78 Å². The van der Waals surface area contributed by atoms with Gasteiger partial charge in [-0.15, -0.1) is 0 Å². The lowest BCUT2D eigenvalue weighted by molar-refractivity contribution is -0.138. The van der Waals surface area contributed by atoms with Gasteiger partial charge in [0.25, 0.3) is 5.56 Å². The molecule has 0 aliphatic rings. The van der Waals surface area contributed by atoms with Crippen LogP contribution < -0.4 is 10.9 Å². The summed E-state index contributed by atoms with van der Waals surface area (Å²) in [6, 6.07) is 4.32. The molecule has 0 amide bonds. The zero-order valence-corrected chi connectivity index (χ0v) is 13.6. The number of hydrogen-bond donors (Lipinski definition) is 2. The molecule has 2 aromatic rings. The smallest absolute Gasteiger partial charge is 0.326 e. The van der Waals surface area contributed by atoms with E-state index in [1.54, 1.807) is 38.2 Å². The molecule has 0 spiro atoms. The molecule has 22 heavy (non-hydrogen) atoms. The summed E-state index contributed by atoms with van der Waals surface area (Å²) < 4.78 is 1.35. The van der Waals surface area contributed by atoms with Crippen LogP contribution in [-0.4, -0.2) is 31.9 Å². The van der Waals surface area contributed by atoms with E-state index in [0.29, 0.717) is 11.5 Å². The summed E-state index contributed by atoms with van der Waals surface area (Å²) in [6.07, 6.45) is 2.96. The van der Waals surface area contributed by atoms with Crippen molar-refractivity contribution in [1.29, 1.82) is 0 Å². The molecule has 116 valence electrons. The fraction of sp³-hybridized carbons (Fsp3) is 0.286. The Morgan fingerprint density at radius 2 is 2.14 bits per heavy atom. The number of nitrogens with zero attached hydrogens (tertiary/aromatic N) is 3. The van der Waals surface area contributed by atoms with Crippen LogP contribution in [0.3, 0.4) is 0 Å².